The molecule has 0 saturated heterocycles. The van der Waals surface area contributed by atoms with Crippen LogP contribution in [0.3, 0.4) is 0 Å². The van der Waals surface area contributed by atoms with Crippen molar-refractivity contribution in [1.29, 1.82) is 0 Å². The smallest absolute Gasteiger partial charge is 0.259 e. The van der Waals surface area contributed by atoms with Crippen LogP contribution in [0.2, 0.25) is 0 Å². The molecule has 2 N–H and O–H groups in total. The number of ether oxygens (including phenoxy) is 1. The zero-order valence-corrected chi connectivity index (χ0v) is 18.6. The van der Waals surface area contributed by atoms with Gasteiger partial charge in [-0.3, -0.25) is 24.7 Å². The van der Waals surface area contributed by atoms with Gasteiger partial charge in [-0.25, -0.2) is 4.98 Å². The van der Waals surface area contributed by atoms with Crippen LogP contribution in [-0.4, -0.2) is 40.2 Å². The molecule has 3 heterocycles. The van der Waals surface area contributed by atoms with Gasteiger partial charge in [0.05, 0.1) is 28.6 Å². The van der Waals surface area contributed by atoms with Gasteiger partial charge < -0.3 is 10.1 Å². The molecule has 1 aliphatic carbocycles. The highest BCUT2D eigenvalue weighted by molar-refractivity contribution is 7.17. The second-order valence-electron chi connectivity index (χ2n) is 8.15. The molecule has 0 radical (unpaired) electrons. The first-order valence-corrected chi connectivity index (χ1v) is 11.6. The van der Waals surface area contributed by atoms with E-state index in [-0.39, 0.29) is 30.1 Å². The number of Topliss-reactive ketones (excluding diaryl/α,β-unsaturated/α-hetero) is 1. The number of pyridine rings is 1. The number of anilines is 1. The molecule has 5 rings (SSSR count). The fourth-order valence-corrected chi connectivity index (χ4v) is 5.05. The first-order valence-electron chi connectivity index (χ1n) is 10.8. The maximum atomic E-state index is 12.8. The Bertz CT molecular complexity index is 1210. The van der Waals surface area contributed by atoms with Crippen LogP contribution in [0, 0.1) is 5.92 Å². The van der Waals surface area contributed by atoms with Gasteiger partial charge in [0.15, 0.2) is 10.9 Å². The van der Waals surface area contributed by atoms with Crippen LogP contribution < -0.4 is 15.4 Å². The molecule has 8 nitrogen and oxygen atoms in total. The molecule has 0 bridgehead atoms. The fraction of sp³-hybridized carbons (Fsp3) is 0.292. The normalized spacial score (nSPS) is 19.1. The summed E-state index contributed by atoms with van der Waals surface area (Å²) in [5.74, 6) is -0.261. The van der Waals surface area contributed by atoms with E-state index in [4.69, 9.17) is 4.74 Å². The number of ketones is 1. The van der Waals surface area contributed by atoms with Gasteiger partial charge in [0.25, 0.3) is 5.91 Å². The van der Waals surface area contributed by atoms with Crippen molar-refractivity contribution in [3.05, 3.63) is 70.5 Å². The summed E-state index contributed by atoms with van der Waals surface area (Å²) in [5.41, 5.74) is 2.14. The Balaban J connectivity index is 1.19. The highest BCUT2D eigenvalue weighted by Crippen LogP contribution is 2.33. The van der Waals surface area contributed by atoms with Crippen molar-refractivity contribution >= 4 is 34.1 Å². The number of aromatic nitrogens is 2. The lowest BCUT2D eigenvalue weighted by Gasteiger charge is -2.27. The number of nitrogens with one attached hydrogen (secondary N) is 2. The first kappa shape index (κ1) is 21.3. The summed E-state index contributed by atoms with van der Waals surface area (Å²) in [6.45, 7) is 0.397. The van der Waals surface area contributed by atoms with E-state index in [9.17, 15) is 14.4 Å². The van der Waals surface area contributed by atoms with Crippen molar-refractivity contribution in [1.82, 2.24) is 15.3 Å². The van der Waals surface area contributed by atoms with Gasteiger partial charge in [0, 0.05) is 25.2 Å². The van der Waals surface area contributed by atoms with E-state index in [0.29, 0.717) is 34.2 Å². The van der Waals surface area contributed by atoms with Gasteiger partial charge in [-0.15, -0.1) is 0 Å². The Kier molecular flexibility index (Phi) is 5.87. The van der Waals surface area contributed by atoms with Gasteiger partial charge in [0.1, 0.15) is 11.9 Å². The van der Waals surface area contributed by atoms with Crippen LogP contribution in [-0.2, 0) is 17.6 Å². The first-order chi connectivity index (χ1) is 16.1. The standard InChI is InChI=1S/C24H22N4O4S/c29-19-11-16(22(30)26-13-17-8-7-14-4-1-2-6-20(14)32-17)10-18-21(19)33-24(27-18)28-23(31)15-5-3-9-25-12-15/h1-6,9,12,16-17H,7-8,10-11,13H2,(H,26,30)(H,27,28,31)/t16?,17-/m1/s1. The molecule has 1 aromatic carbocycles. The SMILES string of the molecule is O=C(Nc1nc2c(s1)C(=O)CC(C(=O)NC[C@H]1CCc3ccccc3O1)C2)c1cccnc1. The molecule has 1 aliphatic heterocycles. The number of hydrogen-bond donors (Lipinski definition) is 2. The molecular formula is C24H22N4O4S. The number of carbonyl (C=O) groups is 3. The lowest BCUT2D eigenvalue weighted by Crippen LogP contribution is -2.41. The average Bonchev–Trinajstić information content (AvgIpc) is 3.26. The van der Waals surface area contributed by atoms with Gasteiger partial charge in [-0.05, 0) is 36.6 Å². The van der Waals surface area contributed by atoms with Crippen molar-refractivity contribution in [2.24, 2.45) is 5.92 Å². The summed E-state index contributed by atoms with van der Waals surface area (Å²) in [4.78, 5) is 46.6. The Labute approximate surface area is 194 Å². The number of amides is 2. The van der Waals surface area contributed by atoms with Crippen molar-refractivity contribution < 1.29 is 19.1 Å². The number of para-hydroxylation sites is 1. The van der Waals surface area contributed by atoms with Crippen LogP contribution in [0.1, 0.15) is 44.1 Å². The van der Waals surface area contributed by atoms with Crippen LogP contribution >= 0.6 is 11.3 Å². The topological polar surface area (TPSA) is 110 Å². The molecule has 0 spiro atoms. The number of aryl methyl sites for hydroxylation is 1. The van der Waals surface area contributed by atoms with Crippen molar-refractivity contribution in [2.45, 2.75) is 31.8 Å². The van der Waals surface area contributed by atoms with E-state index < -0.39 is 5.92 Å². The second-order valence-corrected chi connectivity index (χ2v) is 9.15. The van der Waals surface area contributed by atoms with Crippen LogP contribution in [0.15, 0.2) is 48.8 Å². The van der Waals surface area contributed by atoms with Crippen LogP contribution in [0.5, 0.6) is 5.75 Å². The molecule has 2 aromatic heterocycles. The molecule has 9 heteroatoms. The number of benzene rings is 1. The fourth-order valence-electron chi connectivity index (χ4n) is 4.12. The molecule has 0 saturated carbocycles. The zero-order valence-electron chi connectivity index (χ0n) is 17.7. The number of carbonyl (C=O) groups excluding carboxylic acids is 3. The molecule has 2 aliphatic rings. The predicted molar refractivity (Wildman–Crippen MR) is 123 cm³/mol. The minimum absolute atomic E-state index is 0.0905. The Morgan fingerprint density at radius 2 is 2.03 bits per heavy atom. The van der Waals surface area contributed by atoms with E-state index >= 15 is 0 Å². The molecule has 168 valence electrons. The molecule has 1 unspecified atom stereocenters. The lowest BCUT2D eigenvalue weighted by molar-refractivity contribution is -0.125. The van der Waals surface area contributed by atoms with Crippen LogP contribution in [0.25, 0.3) is 0 Å². The third-order valence-electron chi connectivity index (χ3n) is 5.84. The summed E-state index contributed by atoms with van der Waals surface area (Å²) in [5, 5.41) is 6.01. The number of thiazole rings is 1. The predicted octanol–water partition coefficient (Wildman–Crippen LogP) is 3.05. The van der Waals surface area contributed by atoms with Crippen molar-refractivity contribution in [2.75, 3.05) is 11.9 Å². The zero-order chi connectivity index (χ0) is 22.8. The summed E-state index contributed by atoms with van der Waals surface area (Å²) < 4.78 is 5.99. The van der Waals surface area contributed by atoms with E-state index in [1.807, 2.05) is 18.2 Å². The van der Waals surface area contributed by atoms with E-state index in [1.54, 1.807) is 18.3 Å². The van der Waals surface area contributed by atoms with Gasteiger partial charge in [0.2, 0.25) is 5.91 Å². The number of nitrogens with zero attached hydrogens (tertiary/aromatic N) is 2. The second kappa shape index (κ2) is 9.11. The van der Waals surface area contributed by atoms with E-state index in [1.165, 1.54) is 11.8 Å². The summed E-state index contributed by atoms with van der Waals surface area (Å²) >= 11 is 1.15. The third kappa shape index (κ3) is 4.63. The highest BCUT2D eigenvalue weighted by atomic mass is 32.1. The summed E-state index contributed by atoms with van der Waals surface area (Å²) in [6, 6.07) is 11.2. The van der Waals surface area contributed by atoms with E-state index in [2.05, 4.69) is 26.7 Å². The number of hydrogen-bond acceptors (Lipinski definition) is 7. The molecule has 0 fully saturated rings. The largest absolute Gasteiger partial charge is 0.488 e. The monoisotopic (exact) mass is 462 g/mol. The highest BCUT2D eigenvalue weighted by Gasteiger charge is 2.33. The molecule has 2 atom stereocenters. The minimum Gasteiger partial charge on any atom is -0.488 e. The van der Waals surface area contributed by atoms with E-state index in [0.717, 1.165) is 29.9 Å². The Morgan fingerprint density at radius 3 is 2.88 bits per heavy atom. The molecule has 33 heavy (non-hydrogen) atoms. The molecular weight excluding hydrogens is 440 g/mol. The molecule has 2 amide bonds. The van der Waals surface area contributed by atoms with Gasteiger partial charge >= 0.3 is 0 Å². The quantitative estimate of drug-likeness (QED) is 0.603. The maximum absolute atomic E-state index is 12.8. The summed E-state index contributed by atoms with van der Waals surface area (Å²) in [6.07, 6.45) is 5.19. The van der Waals surface area contributed by atoms with Crippen molar-refractivity contribution in [3.63, 3.8) is 0 Å². The lowest BCUT2D eigenvalue weighted by atomic mass is 9.89. The van der Waals surface area contributed by atoms with Gasteiger partial charge in [-0.1, -0.05) is 29.5 Å². The maximum Gasteiger partial charge on any atom is 0.259 e. The Morgan fingerprint density at radius 1 is 1.15 bits per heavy atom. The van der Waals surface area contributed by atoms with Gasteiger partial charge in [-0.2, -0.15) is 0 Å². The minimum atomic E-state index is -0.482. The number of fused-ring (bicyclic) bond motifs is 2. The summed E-state index contributed by atoms with van der Waals surface area (Å²) in [7, 11) is 0. The number of rotatable bonds is 5. The van der Waals surface area contributed by atoms with Crippen molar-refractivity contribution in [3.8, 4) is 5.75 Å². The molecule has 3 aromatic rings. The Hall–Kier alpha value is -3.59. The average molecular weight is 463 g/mol. The third-order valence-corrected chi connectivity index (χ3v) is 6.90. The van der Waals surface area contributed by atoms with Crippen LogP contribution in [0.4, 0.5) is 5.13 Å².